The first-order valence-corrected chi connectivity index (χ1v) is 4.04. The van der Waals surface area contributed by atoms with Crippen molar-refractivity contribution < 1.29 is 18.2 Å². The maximum Gasteiger partial charge on any atom is 0.313 e. The van der Waals surface area contributed by atoms with Gasteiger partial charge in [0, 0.05) is 0 Å². The molecule has 6 heteroatoms. The lowest BCUT2D eigenvalue weighted by atomic mass is 10.8. The minimum Gasteiger partial charge on any atom is -0.339 e. The van der Waals surface area contributed by atoms with Crippen molar-refractivity contribution in [3.05, 3.63) is 0 Å². The molecule has 9 heavy (non-hydrogen) atoms. The van der Waals surface area contributed by atoms with Crippen LogP contribution in [0.4, 0.5) is 8.78 Å². The van der Waals surface area contributed by atoms with E-state index in [0.29, 0.717) is 0 Å². The third-order valence-electron chi connectivity index (χ3n) is 0.863. The summed E-state index contributed by atoms with van der Waals surface area (Å²) < 4.78 is 33.2. The molecule has 0 aromatic rings. The van der Waals surface area contributed by atoms with Crippen molar-refractivity contribution in [3.8, 4) is 0 Å². The average Bonchev–Trinajstić information content (AvgIpc) is 1.65. The van der Waals surface area contributed by atoms with E-state index >= 15 is 0 Å². The molecule has 0 aromatic carbocycles. The standard InChI is InChI=1S/C3H8F2NO2P/c1-2(6)9(7,8)3(4)5/h2-3H,6H2,1H3,(H,7,8). The van der Waals surface area contributed by atoms with Gasteiger partial charge in [0.2, 0.25) is 0 Å². The average molecular weight is 159 g/mol. The molecule has 56 valence electrons. The number of rotatable bonds is 2. The van der Waals surface area contributed by atoms with E-state index in [9.17, 15) is 13.3 Å². The Labute approximate surface area is 51.3 Å². The van der Waals surface area contributed by atoms with Crippen LogP contribution in [0.15, 0.2) is 0 Å². The summed E-state index contributed by atoms with van der Waals surface area (Å²) in [7, 11) is -4.39. The highest BCUT2D eigenvalue weighted by atomic mass is 31.2. The molecule has 0 bridgehead atoms. The second-order valence-electron chi connectivity index (χ2n) is 1.69. The molecule has 0 radical (unpaired) electrons. The Morgan fingerprint density at radius 2 is 2.00 bits per heavy atom. The van der Waals surface area contributed by atoms with Crippen molar-refractivity contribution in [2.45, 2.75) is 18.9 Å². The van der Waals surface area contributed by atoms with E-state index in [-0.39, 0.29) is 0 Å². The summed E-state index contributed by atoms with van der Waals surface area (Å²) in [6.45, 7) is 1.08. The minimum atomic E-state index is -4.39. The molecule has 0 rings (SSSR count). The lowest BCUT2D eigenvalue weighted by Crippen LogP contribution is -2.18. The minimum absolute atomic E-state index is 1.08. The van der Waals surface area contributed by atoms with Crippen LogP contribution in [-0.4, -0.2) is 16.8 Å². The maximum absolute atomic E-state index is 11.5. The highest BCUT2D eigenvalue weighted by Crippen LogP contribution is 2.50. The topological polar surface area (TPSA) is 63.3 Å². The first-order chi connectivity index (χ1) is 3.89. The number of hydrogen-bond acceptors (Lipinski definition) is 2. The Balaban J connectivity index is 4.21. The zero-order chi connectivity index (χ0) is 7.65. The summed E-state index contributed by atoms with van der Waals surface area (Å²) in [6.07, 6.45) is -3.22. The summed E-state index contributed by atoms with van der Waals surface area (Å²) >= 11 is 0. The second kappa shape index (κ2) is 2.73. The summed E-state index contributed by atoms with van der Waals surface area (Å²) in [5.74, 6) is -1.35. The van der Waals surface area contributed by atoms with Crippen LogP contribution in [0.2, 0.25) is 0 Å². The van der Waals surface area contributed by atoms with Gasteiger partial charge in [-0.25, -0.2) is 0 Å². The van der Waals surface area contributed by atoms with Crippen LogP contribution in [-0.2, 0) is 4.57 Å². The number of hydrogen-bond donors (Lipinski definition) is 2. The fraction of sp³-hybridized carbons (Fsp3) is 1.00. The van der Waals surface area contributed by atoms with Gasteiger partial charge in [-0.15, -0.1) is 0 Å². The molecule has 0 saturated heterocycles. The van der Waals surface area contributed by atoms with Crippen LogP contribution in [0.25, 0.3) is 0 Å². The van der Waals surface area contributed by atoms with Crippen molar-refractivity contribution in [1.29, 1.82) is 0 Å². The predicted molar refractivity (Wildman–Crippen MR) is 29.5 cm³/mol. The first kappa shape index (κ1) is 9.01. The lowest BCUT2D eigenvalue weighted by Gasteiger charge is -2.12. The molecule has 0 spiro atoms. The molecule has 0 fully saturated rings. The molecule has 0 aromatic heterocycles. The van der Waals surface area contributed by atoms with Gasteiger partial charge in [0.25, 0.3) is 7.37 Å². The molecule has 2 atom stereocenters. The van der Waals surface area contributed by atoms with Crippen molar-refractivity contribution in [2.24, 2.45) is 5.73 Å². The predicted octanol–water partition coefficient (Wildman–Crippen LogP) is 0.784. The highest BCUT2D eigenvalue weighted by Gasteiger charge is 2.34. The highest BCUT2D eigenvalue weighted by molar-refractivity contribution is 7.58. The third kappa shape index (κ3) is 2.01. The SMILES string of the molecule is CC(N)P(=O)(O)C(F)F. The molecule has 2 unspecified atom stereocenters. The largest absolute Gasteiger partial charge is 0.339 e. The Hall–Kier alpha value is 0.01000. The fourth-order valence-corrected chi connectivity index (χ4v) is 0.533. The van der Waals surface area contributed by atoms with Gasteiger partial charge in [0.15, 0.2) is 0 Å². The van der Waals surface area contributed by atoms with Crippen LogP contribution in [0.1, 0.15) is 6.92 Å². The Bertz CT molecular complexity index is 126. The molecule has 0 saturated carbocycles. The monoisotopic (exact) mass is 159 g/mol. The zero-order valence-corrected chi connectivity index (χ0v) is 5.69. The summed E-state index contributed by atoms with van der Waals surface area (Å²) in [5.41, 5.74) is 4.78. The van der Waals surface area contributed by atoms with E-state index in [1.807, 2.05) is 0 Å². The second-order valence-corrected chi connectivity index (χ2v) is 4.24. The van der Waals surface area contributed by atoms with Crippen molar-refractivity contribution in [1.82, 2.24) is 0 Å². The van der Waals surface area contributed by atoms with Crippen molar-refractivity contribution >= 4 is 7.37 Å². The molecule has 3 N–H and O–H groups in total. The fourth-order valence-electron chi connectivity index (χ4n) is 0.178. The zero-order valence-electron chi connectivity index (χ0n) is 4.79. The van der Waals surface area contributed by atoms with Gasteiger partial charge >= 0.3 is 6.17 Å². The third-order valence-corrected chi connectivity index (χ3v) is 2.59. The molecular formula is C3H8F2NO2P. The summed E-state index contributed by atoms with van der Waals surface area (Å²) in [6, 6.07) is 0. The summed E-state index contributed by atoms with van der Waals surface area (Å²) in [4.78, 5) is 8.35. The smallest absolute Gasteiger partial charge is 0.313 e. The molecular weight excluding hydrogens is 151 g/mol. The van der Waals surface area contributed by atoms with E-state index in [0.717, 1.165) is 6.92 Å². The normalized spacial score (nSPS) is 21.6. The van der Waals surface area contributed by atoms with E-state index in [1.165, 1.54) is 0 Å². The van der Waals surface area contributed by atoms with Crippen molar-refractivity contribution in [2.75, 3.05) is 0 Å². The van der Waals surface area contributed by atoms with Crippen LogP contribution >= 0.6 is 7.37 Å². The van der Waals surface area contributed by atoms with Gasteiger partial charge in [-0.1, -0.05) is 0 Å². The molecule has 0 aliphatic carbocycles. The molecule has 0 aliphatic heterocycles. The van der Waals surface area contributed by atoms with Crippen LogP contribution in [0.5, 0.6) is 0 Å². The van der Waals surface area contributed by atoms with Gasteiger partial charge in [0.1, 0.15) is 0 Å². The molecule has 3 nitrogen and oxygen atoms in total. The molecule has 0 heterocycles. The van der Waals surface area contributed by atoms with Crippen LogP contribution in [0, 0.1) is 0 Å². The van der Waals surface area contributed by atoms with Crippen LogP contribution < -0.4 is 5.73 Å². The summed E-state index contributed by atoms with van der Waals surface area (Å²) in [5, 5.41) is 0. The molecule has 0 aliphatic rings. The molecule has 0 amide bonds. The first-order valence-electron chi connectivity index (χ1n) is 2.25. The number of nitrogens with two attached hydrogens (primary N) is 1. The van der Waals surface area contributed by atoms with Crippen LogP contribution in [0.3, 0.4) is 0 Å². The Morgan fingerprint density at radius 1 is 1.67 bits per heavy atom. The maximum atomic E-state index is 11.5. The number of halogens is 2. The van der Waals surface area contributed by atoms with E-state index in [2.05, 4.69) is 0 Å². The van der Waals surface area contributed by atoms with E-state index in [1.54, 1.807) is 0 Å². The lowest BCUT2D eigenvalue weighted by molar-refractivity contribution is 0.211. The van der Waals surface area contributed by atoms with Gasteiger partial charge in [0.05, 0.1) is 5.78 Å². The van der Waals surface area contributed by atoms with E-state index < -0.39 is 19.3 Å². The Morgan fingerprint density at radius 3 is 2.00 bits per heavy atom. The van der Waals surface area contributed by atoms with E-state index in [4.69, 9.17) is 10.6 Å². The van der Waals surface area contributed by atoms with Gasteiger partial charge < -0.3 is 10.6 Å². The quantitative estimate of drug-likeness (QED) is 0.585. The Kier molecular flexibility index (Phi) is 2.73. The van der Waals surface area contributed by atoms with Gasteiger partial charge in [-0.05, 0) is 6.92 Å². The van der Waals surface area contributed by atoms with Gasteiger partial charge in [-0.3, -0.25) is 4.57 Å². The number of alkyl halides is 2. The van der Waals surface area contributed by atoms with Gasteiger partial charge in [-0.2, -0.15) is 8.78 Å². The van der Waals surface area contributed by atoms with Crippen molar-refractivity contribution in [3.63, 3.8) is 0 Å².